The highest BCUT2D eigenvalue weighted by Gasteiger charge is 2.20. The molecule has 0 aliphatic rings. The number of nitrogens with zero attached hydrogens (tertiary/aromatic N) is 4. The summed E-state index contributed by atoms with van der Waals surface area (Å²) in [6.07, 6.45) is 3.05. The SMILES string of the molecule is O=c1c2c(ncn2Cc2ccc(Cl)c(Cl)c2)n(-c2ccccc2)c(=O)n1Cc1ccco1. The molecule has 3 aromatic heterocycles. The van der Waals surface area contributed by atoms with E-state index in [-0.39, 0.29) is 12.2 Å². The Balaban J connectivity index is 1.75. The van der Waals surface area contributed by atoms with Gasteiger partial charge in [-0.15, -0.1) is 0 Å². The molecule has 7 nitrogen and oxygen atoms in total. The molecule has 2 aromatic carbocycles. The fraction of sp³-hybridized carbons (Fsp3) is 0.0870. The Morgan fingerprint density at radius 3 is 2.44 bits per heavy atom. The molecule has 0 aliphatic heterocycles. The van der Waals surface area contributed by atoms with Crippen LogP contribution in [0, 0.1) is 0 Å². The normalized spacial score (nSPS) is 11.3. The van der Waals surface area contributed by atoms with E-state index in [2.05, 4.69) is 4.98 Å². The maximum Gasteiger partial charge on any atom is 0.337 e. The molecule has 0 amide bonds. The van der Waals surface area contributed by atoms with Crippen LogP contribution in [0.5, 0.6) is 0 Å². The van der Waals surface area contributed by atoms with E-state index in [1.165, 1.54) is 10.8 Å². The van der Waals surface area contributed by atoms with Gasteiger partial charge in [-0.05, 0) is 42.0 Å². The third kappa shape index (κ3) is 3.55. The molecule has 0 bridgehead atoms. The van der Waals surface area contributed by atoms with Crippen LogP contribution in [0.3, 0.4) is 0 Å². The summed E-state index contributed by atoms with van der Waals surface area (Å²) in [7, 11) is 0. The molecule has 0 atom stereocenters. The molecule has 3 heterocycles. The fourth-order valence-corrected chi connectivity index (χ4v) is 3.96. The van der Waals surface area contributed by atoms with Gasteiger partial charge in [0.1, 0.15) is 5.76 Å². The molecule has 0 radical (unpaired) electrons. The minimum atomic E-state index is -0.495. The number of rotatable bonds is 5. The van der Waals surface area contributed by atoms with E-state index < -0.39 is 11.2 Å². The summed E-state index contributed by atoms with van der Waals surface area (Å²) in [5.74, 6) is 0.499. The number of fused-ring (bicyclic) bond motifs is 1. The summed E-state index contributed by atoms with van der Waals surface area (Å²) in [6.45, 7) is 0.335. The summed E-state index contributed by atoms with van der Waals surface area (Å²) >= 11 is 12.2. The van der Waals surface area contributed by atoms with E-state index >= 15 is 0 Å². The molecule has 9 heteroatoms. The highest BCUT2D eigenvalue weighted by molar-refractivity contribution is 6.42. The van der Waals surface area contributed by atoms with E-state index in [4.69, 9.17) is 27.6 Å². The van der Waals surface area contributed by atoms with Crippen molar-refractivity contribution in [1.82, 2.24) is 18.7 Å². The van der Waals surface area contributed by atoms with Gasteiger partial charge in [-0.3, -0.25) is 9.36 Å². The maximum atomic E-state index is 13.5. The van der Waals surface area contributed by atoms with Gasteiger partial charge in [0, 0.05) is 6.54 Å². The molecule has 5 rings (SSSR count). The number of furan rings is 1. The lowest BCUT2D eigenvalue weighted by molar-refractivity contribution is 0.482. The van der Waals surface area contributed by atoms with Crippen LogP contribution in [0.15, 0.2) is 87.3 Å². The zero-order chi connectivity index (χ0) is 22.2. The van der Waals surface area contributed by atoms with E-state index in [0.29, 0.717) is 33.6 Å². The lowest BCUT2D eigenvalue weighted by Gasteiger charge is -2.12. The Morgan fingerprint density at radius 1 is 0.906 bits per heavy atom. The van der Waals surface area contributed by atoms with Crippen molar-refractivity contribution in [3.05, 3.63) is 115 Å². The smallest absolute Gasteiger partial charge is 0.337 e. The summed E-state index contributed by atoms with van der Waals surface area (Å²) in [5.41, 5.74) is 1.08. The first-order valence-electron chi connectivity index (χ1n) is 9.75. The molecular weight excluding hydrogens is 451 g/mol. The number of para-hydroxylation sites is 1. The highest BCUT2D eigenvalue weighted by atomic mass is 35.5. The van der Waals surface area contributed by atoms with Crippen LogP contribution < -0.4 is 11.2 Å². The van der Waals surface area contributed by atoms with Crippen molar-refractivity contribution in [3.8, 4) is 5.69 Å². The van der Waals surface area contributed by atoms with E-state index in [9.17, 15) is 9.59 Å². The van der Waals surface area contributed by atoms with E-state index in [0.717, 1.165) is 10.1 Å². The monoisotopic (exact) mass is 466 g/mol. The van der Waals surface area contributed by atoms with Crippen LogP contribution in [0.25, 0.3) is 16.9 Å². The van der Waals surface area contributed by atoms with Crippen LogP contribution in [0.1, 0.15) is 11.3 Å². The molecular formula is C23H16Cl2N4O3. The van der Waals surface area contributed by atoms with Crippen molar-refractivity contribution in [1.29, 1.82) is 0 Å². The number of hydrogen-bond acceptors (Lipinski definition) is 4. The zero-order valence-electron chi connectivity index (χ0n) is 16.6. The van der Waals surface area contributed by atoms with Crippen molar-refractivity contribution in [2.24, 2.45) is 0 Å². The number of benzene rings is 2. The molecule has 0 saturated heterocycles. The second-order valence-corrected chi connectivity index (χ2v) is 8.03. The summed E-state index contributed by atoms with van der Waals surface area (Å²) in [6, 6.07) is 17.8. The van der Waals surface area contributed by atoms with Crippen molar-refractivity contribution < 1.29 is 4.42 Å². The van der Waals surface area contributed by atoms with Crippen molar-refractivity contribution in [2.75, 3.05) is 0 Å². The number of aromatic nitrogens is 4. The summed E-state index contributed by atoms with van der Waals surface area (Å²) in [4.78, 5) is 31.3. The van der Waals surface area contributed by atoms with Crippen LogP contribution in [0.4, 0.5) is 0 Å². The predicted molar refractivity (Wildman–Crippen MR) is 123 cm³/mol. The molecule has 0 saturated carbocycles. The van der Waals surface area contributed by atoms with Crippen LogP contribution in [-0.2, 0) is 13.1 Å². The molecule has 5 aromatic rings. The van der Waals surface area contributed by atoms with Crippen molar-refractivity contribution >= 4 is 34.4 Å². The largest absolute Gasteiger partial charge is 0.467 e. The summed E-state index contributed by atoms with van der Waals surface area (Å²) < 4.78 is 9.67. The Morgan fingerprint density at radius 2 is 1.72 bits per heavy atom. The molecule has 0 spiro atoms. The van der Waals surface area contributed by atoms with Gasteiger partial charge in [0.05, 0.1) is 34.9 Å². The molecule has 160 valence electrons. The van der Waals surface area contributed by atoms with Gasteiger partial charge in [0.2, 0.25) is 0 Å². The van der Waals surface area contributed by atoms with Crippen molar-refractivity contribution in [3.63, 3.8) is 0 Å². The number of hydrogen-bond donors (Lipinski definition) is 0. The number of halogens is 2. The van der Waals surface area contributed by atoms with E-state index in [1.54, 1.807) is 47.3 Å². The molecule has 0 N–H and O–H groups in total. The lowest BCUT2D eigenvalue weighted by atomic mass is 10.2. The Labute approximate surface area is 191 Å². The first kappa shape index (κ1) is 20.4. The molecule has 0 unspecified atom stereocenters. The second kappa shape index (κ2) is 8.18. The van der Waals surface area contributed by atoms with Crippen LogP contribution in [-0.4, -0.2) is 18.7 Å². The van der Waals surface area contributed by atoms with Crippen LogP contribution >= 0.6 is 23.2 Å². The quantitative estimate of drug-likeness (QED) is 0.385. The minimum Gasteiger partial charge on any atom is -0.467 e. The average molecular weight is 467 g/mol. The maximum absolute atomic E-state index is 13.5. The standard InChI is InChI=1S/C23H16Cl2N4O3/c24-18-9-8-15(11-19(18)25)12-27-14-26-21-20(27)22(30)28(13-17-7-4-10-32-17)23(31)29(21)16-5-2-1-3-6-16/h1-11,14H,12-13H2. The predicted octanol–water partition coefficient (Wildman–Crippen LogP) is 4.35. The Hall–Kier alpha value is -3.55. The van der Waals surface area contributed by atoms with Crippen LogP contribution in [0.2, 0.25) is 10.0 Å². The average Bonchev–Trinajstić information content (AvgIpc) is 3.45. The van der Waals surface area contributed by atoms with Gasteiger partial charge in [-0.1, -0.05) is 47.5 Å². The molecule has 32 heavy (non-hydrogen) atoms. The number of imidazole rings is 1. The van der Waals surface area contributed by atoms with Crippen molar-refractivity contribution in [2.45, 2.75) is 13.1 Å². The van der Waals surface area contributed by atoms with Gasteiger partial charge >= 0.3 is 5.69 Å². The third-order valence-corrected chi connectivity index (χ3v) is 5.88. The van der Waals surface area contributed by atoms with Gasteiger partial charge in [-0.25, -0.2) is 14.3 Å². The van der Waals surface area contributed by atoms with Gasteiger partial charge in [0.25, 0.3) is 5.56 Å². The fourth-order valence-electron chi connectivity index (χ4n) is 3.64. The second-order valence-electron chi connectivity index (χ2n) is 7.22. The lowest BCUT2D eigenvalue weighted by Crippen LogP contribution is -2.40. The summed E-state index contributed by atoms with van der Waals surface area (Å²) in [5, 5.41) is 0.870. The Kier molecular flexibility index (Phi) is 5.20. The van der Waals surface area contributed by atoms with E-state index in [1.807, 2.05) is 24.3 Å². The molecule has 0 aliphatic carbocycles. The van der Waals surface area contributed by atoms with Gasteiger partial charge in [0.15, 0.2) is 11.2 Å². The first-order chi connectivity index (χ1) is 15.5. The highest BCUT2D eigenvalue weighted by Crippen LogP contribution is 2.23. The minimum absolute atomic E-state index is 0.00535. The molecule has 0 fully saturated rings. The topological polar surface area (TPSA) is 75.0 Å². The Bertz CT molecular complexity index is 1530. The zero-order valence-corrected chi connectivity index (χ0v) is 18.1. The first-order valence-corrected chi connectivity index (χ1v) is 10.5. The van der Waals surface area contributed by atoms with Gasteiger partial charge in [-0.2, -0.15) is 0 Å². The third-order valence-electron chi connectivity index (χ3n) is 5.15. The van der Waals surface area contributed by atoms with Gasteiger partial charge < -0.3 is 8.98 Å².